The smallest absolute Gasteiger partial charge is 0.123 e. The van der Waals surface area contributed by atoms with E-state index in [2.05, 4.69) is 53.3 Å². The molecular formula is C17H19BrFN. The van der Waals surface area contributed by atoms with Crippen molar-refractivity contribution in [2.45, 2.75) is 26.3 Å². The number of benzene rings is 2. The third-order valence-electron chi connectivity index (χ3n) is 3.27. The van der Waals surface area contributed by atoms with Gasteiger partial charge in [0.15, 0.2) is 0 Å². The predicted octanol–water partition coefficient (Wildman–Crippen LogP) is 4.79. The number of halogens is 2. The number of nitrogens with one attached hydrogen (secondary N) is 1. The lowest BCUT2D eigenvalue weighted by atomic mass is 9.97. The number of aryl methyl sites for hydroxylation is 1. The summed E-state index contributed by atoms with van der Waals surface area (Å²) in [6, 6.07) is 13.4. The van der Waals surface area contributed by atoms with E-state index < -0.39 is 0 Å². The molecule has 0 aliphatic carbocycles. The Hall–Kier alpha value is -1.19. The zero-order valence-corrected chi connectivity index (χ0v) is 13.4. The molecule has 106 valence electrons. The first-order valence-electron chi connectivity index (χ1n) is 6.83. The quantitative estimate of drug-likeness (QED) is 0.828. The zero-order valence-electron chi connectivity index (χ0n) is 11.8. The average molecular weight is 336 g/mol. The Morgan fingerprint density at radius 1 is 1.15 bits per heavy atom. The van der Waals surface area contributed by atoms with E-state index in [0.717, 1.165) is 23.0 Å². The molecule has 1 N–H and O–H groups in total. The van der Waals surface area contributed by atoms with Gasteiger partial charge in [0.05, 0.1) is 0 Å². The summed E-state index contributed by atoms with van der Waals surface area (Å²) in [7, 11) is 0. The maximum absolute atomic E-state index is 13.0. The lowest BCUT2D eigenvalue weighted by molar-refractivity contribution is 0.548. The van der Waals surface area contributed by atoms with Gasteiger partial charge in [-0.3, -0.25) is 0 Å². The van der Waals surface area contributed by atoms with E-state index in [1.807, 2.05) is 12.1 Å². The third kappa shape index (κ3) is 4.15. The average Bonchev–Trinajstić information content (AvgIpc) is 2.39. The highest BCUT2D eigenvalue weighted by atomic mass is 79.9. The molecule has 1 atom stereocenters. The van der Waals surface area contributed by atoms with Gasteiger partial charge in [0.1, 0.15) is 5.82 Å². The summed E-state index contributed by atoms with van der Waals surface area (Å²) in [6.45, 7) is 5.09. The molecule has 0 aliphatic heterocycles. The summed E-state index contributed by atoms with van der Waals surface area (Å²) in [4.78, 5) is 0. The first-order valence-corrected chi connectivity index (χ1v) is 7.62. The second kappa shape index (κ2) is 7.00. The van der Waals surface area contributed by atoms with E-state index in [0.29, 0.717) is 0 Å². The second-order valence-electron chi connectivity index (χ2n) is 5.00. The van der Waals surface area contributed by atoms with Crippen LogP contribution in [0, 0.1) is 12.7 Å². The fraction of sp³-hybridized carbons (Fsp3) is 0.294. The van der Waals surface area contributed by atoms with Gasteiger partial charge >= 0.3 is 0 Å². The van der Waals surface area contributed by atoms with Crippen molar-refractivity contribution < 1.29 is 4.39 Å². The highest BCUT2D eigenvalue weighted by Gasteiger charge is 2.12. The molecule has 2 aromatic carbocycles. The molecule has 2 rings (SSSR count). The Balaban J connectivity index is 2.23. The zero-order chi connectivity index (χ0) is 14.5. The molecule has 0 bridgehead atoms. The van der Waals surface area contributed by atoms with E-state index in [-0.39, 0.29) is 11.9 Å². The maximum Gasteiger partial charge on any atom is 0.123 e. The molecule has 0 saturated carbocycles. The molecule has 0 aliphatic rings. The molecule has 0 amide bonds. The van der Waals surface area contributed by atoms with Crippen molar-refractivity contribution in [1.82, 2.24) is 5.32 Å². The van der Waals surface area contributed by atoms with Crippen LogP contribution in [0.25, 0.3) is 0 Å². The predicted molar refractivity (Wildman–Crippen MR) is 85.4 cm³/mol. The van der Waals surface area contributed by atoms with E-state index in [4.69, 9.17) is 0 Å². The van der Waals surface area contributed by atoms with Gasteiger partial charge in [-0.2, -0.15) is 0 Å². The van der Waals surface area contributed by atoms with Gasteiger partial charge in [-0.1, -0.05) is 41.1 Å². The van der Waals surface area contributed by atoms with E-state index in [9.17, 15) is 4.39 Å². The molecule has 2 aromatic rings. The van der Waals surface area contributed by atoms with E-state index in [1.54, 1.807) is 0 Å². The van der Waals surface area contributed by atoms with Crippen LogP contribution in [0.1, 0.15) is 29.7 Å². The molecule has 0 radical (unpaired) electrons. The molecule has 1 unspecified atom stereocenters. The van der Waals surface area contributed by atoms with E-state index >= 15 is 0 Å². The lowest BCUT2D eigenvalue weighted by Gasteiger charge is -2.19. The Morgan fingerprint density at radius 2 is 1.85 bits per heavy atom. The number of rotatable bonds is 5. The minimum absolute atomic E-state index is 0.188. The Bertz CT molecular complexity index is 545. The highest BCUT2D eigenvalue weighted by Crippen LogP contribution is 2.23. The Labute approximate surface area is 128 Å². The first-order chi connectivity index (χ1) is 9.58. The van der Waals surface area contributed by atoms with Crippen LogP contribution in [0.3, 0.4) is 0 Å². The molecule has 0 saturated heterocycles. The maximum atomic E-state index is 13.0. The van der Waals surface area contributed by atoms with Crippen LogP contribution in [0.15, 0.2) is 46.9 Å². The number of hydrogen-bond donors (Lipinski definition) is 1. The number of likely N-dealkylation sites (N-methyl/N-ethyl adjacent to an activating group) is 1. The van der Waals surface area contributed by atoms with Crippen LogP contribution in [0.2, 0.25) is 0 Å². The summed E-state index contributed by atoms with van der Waals surface area (Å²) in [5.74, 6) is -0.188. The van der Waals surface area contributed by atoms with Crippen LogP contribution in [0.5, 0.6) is 0 Å². The monoisotopic (exact) mass is 335 g/mol. The minimum atomic E-state index is -0.188. The Morgan fingerprint density at radius 3 is 2.45 bits per heavy atom. The van der Waals surface area contributed by atoms with Crippen LogP contribution in [-0.4, -0.2) is 6.54 Å². The van der Waals surface area contributed by atoms with Crippen LogP contribution >= 0.6 is 15.9 Å². The number of hydrogen-bond acceptors (Lipinski definition) is 1. The van der Waals surface area contributed by atoms with Gasteiger partial charge in [-0.05, 0) is 60.8 Å². The van der Waals surface area contributed by atoms with Gasteiger partial charge in [-0.15, -0.1) is 0 Å². The molecule has 20 heavy (non-hydrogen) atoms. The van der Waals surface area contributed by atoms with Crippen molar-refractivity contribution in [3.05, 3.63) is 69.4 Å². The van der Waals surface area contributed by atoms with Crippen LogP contribution in [-0.2, 0) is 6.42 Å². The van der Waals surface area contributed by atoms with Crippen molar-refractivity contribution in [1.29, 1.82) is 0 Å². The van der Waals surface area contributed by atoms with Crippen molar-refractivity contribution in [3.63, 3.8) is 0 Å². The highest BCUT2D eigenvalue weighted by molar-refractivity contribution is 9.10. The Kier molecular flexibility index (Phi) is 5.32. The van der Waals surface area contributed by atoms with Crippen molar-refractivity contribution in [2.24, 2.45) is 0 Å². The van der Waals surface area contributed by atoms with Crippen molar-refractivity contribution in [2.75, 3.05) is 6.54 Å². The van der Waals surface area contributed by atoms with Crippen molar-refractivity contribution in [3.8, 4) is 0 Å². The summed E-state index contributed by atoms with van der Waals surface area (Å²) >= 11 is 3.55. The SMILES string of the molecule is CCNC(Cc1ccc(F)cc1)c1cc(C)cc(Br)c1. The van der Waals surface area contributed by atoms with Crippen molar-refractivity contribution >= 4 is 15.9 Å². The van der Waals surface area contributed by atoms with E-state index in [1.165, 1.54) is 23.3 Å². The van der Waals surface area contributed by atoms with Gasteiger partial charge in [0.2, 0.25) is 0 Å². The lowest BCUT2D eigenvalue weighted by Crippen LogP contribution is -2.23. The molecule has 0 heterocycles. The molecule has 1 nitrogen and oxygen atoms in total. The van der Waals surface area contributed by atoms with Gasteiger partial charge in [0.25, 0.3) is 0 Å². The summed E-state index contributed by atoms with van der Waals surface area (Å²) in [6.07, 6.45) is 0.851. The van der Waals surface area contributed by atoms with Crippen LogP contribution < -0.4 is 5.32 Å². The summed E-state index contributed by atoms with van der Waals surface area (Å²) in [5, 5.41) is 3.50. The fourth-order valence-electron chi connectivity index (χ4n) is 2.38. The summed E-state index contributed by atoms with van der Waals surface area (Å²) in [5.41, 5.74) is 3.62. The fourth-order valence-corrected chi connectivity index (χ4v) is 3.00. The first kappa shape index (κ1) is 15.2. The molecular weight excluding hydrogens is 317 g/mol. The second-order valence-corrected chi connectivity index (χ2v) is 5.92. The van der Waals surface area contributed by atoms with Crippen LogP contribution in [0.4, 0.5) is 4.39 Å². The third-order valence-corrected chi connectivity index (χ3v) is 3.73. The standard InChI is InChI=1S/C17H19BrFN/c1-3-20-17(10-13-4-6-16(19)7-5-13)14-8-12(2)9-15(18)11-14/h4-9,11,17,20H,3,10H2,1-2H3. The van der Waals surface area contributed by atoms with Gasteiger partial charge < -0.3 is 5.32 Å². The normalized spacial score (nSPS) is 12.4. The molecule has 0 fully saturated rings. The summed E-state index contributed by atoms with van der Waals surface area (Å²) < 4.78 is 14.1. The minimum Gasteiger partial charge on any atom is -0.310 e. The largest absolute Gasteiger partial charge is 0.310 e. The molecule has 0 aromatic heterocycles. The van der Waals surface area contributed by atoms with Gasteiger partial charge in [0, 0.05) is 10.5 Å². The molecule has 3 heteroatoms. The van der Waals surface area contributed by atoms with Gasteiger partial charge in [-0.25, -0.2) is 4.39 Å². The topological polar surface area (TPSA) is 12.0 Å². The molecule has 0 spiro atoms.